The van der Waals surface area contributed by atoms with E-state index in [0.29, 0.717) is 24.0 Å². The lowest BCUT2D eigenvalue weighted by Crippen LogP contribution is -2.24. The van der Waals surface area contributed by atoms with Crippen LogP contribution < -0.4 is 9.64 Å². The second kappa shape index (κ2) is 5.53. The second-order valence-electron chi connectivity index (χ2n) is 5.17. The van der Waals surface area contributed by atoms with Crippen molar-refractivity contribution in [2.75, 3.05) is 4.90 Å². The molecule has 5 nitrogen and oxygen atoms in total. The van der Waals surface area contributed by atoms with Gasteiger partial charge in [-0.05, 0) is 29.8 Å². The van der Waals surface area contributed by atoms with Crippen molar-refractivity contribution in [1.29, 1.82) is 0 Å². The number of benzene rings is 1. The zero-order valence-corrected chi connectivity index (χ0v) is 12.2. The highest BCUT2D eigenvalue weighted by Gasteiger charge is 2.28. The number of ether oxygens (including phenoxy) is 1. The number of fused-ring (bicyclic) bond motifs is 1. The Morgan fingerprint density at radius 1 is 1.00 bits per heavy atom. The number of hydrogen-bond acceptors (Lipinski definition) is 4. The highest BCUT2D eigenvalue weighted by atomic mass is 16.5. The molecule has 0 spiro atoms. The third kappa shape index (κ3) is 2.53. The van der Waals surface area contributed by atoms with E-state index < -0.39 is 0 Å². The van der Waals surface area contributed by atoms with Gasteiger partial charge in [-0.25, -0.2) is 0 Å². The van der Waals surface area contributed by atoms with E-state index in [2.05, 4.69) is 9.97 Å². The third-order valence-electron chi connectivity index (χ3n) is 3.66. The number of hydrogen-bond donors (Lipinski definition) is 0. The maximum absolute atomic E-state index is 12.5. The summed E-state index contributed by atoms with van der Waals surface area (Å²) in [5.41, 5.74) is 1.74. The van der Waals surface area contributed by atoms with Crippen LogP contribution in [0.1, 0.15) is 15.9 Å². The van der Waals surface area contributed by atoms with Crippen molar-refractivity contribution in [3.05, 3.63) is 78.1 Å². The number of amides is 1. The average Bonchev–Trinajstić information content (AvgIpc) is 2.93. The lowest BCUT2D eigenvalue weighted by molar-refractivity contribution is 0.0996. The standard InChI is InChI=1S/C18H13N3O2/c22-18-15-7-2-1-5-13(15)12-21(18)16-8-3-9-17(20-16)23-14-6-4-10-19-11-14/h1-11H,12H2. The van der Waals surface area contributed by atoms with E-state index in [-0.39, 0.29) is 5.91 Å². The Morgan fingerprint density at radius 2 is 1.91 bits per heavy atom. The van der Waals surface area contributed by atoms with Crippen molar-refractivity contribution in [3.8, 4) is 11.6 Å². The Morgan fingerprint density at radius 3 is 2.74 bits per heavy atom. The molecule has 0 aliphatic carbocycles. The molecule has 23 heavy (non-hydrogen) atoms. The molecule has 4 rings (SSSR count). The van der Waals surface area contributed by atoms with Gasteiger partial charge < -0.3 is 4.74 Å². The van der Waals surface area contributed by atoms with E-state index in [4.69, 9.17) is 4.74 Å². The van der Waals surface area contributed by atoms with Gasteiger partial charge in [0.25, 0.3) is 5.91 Å². The summed E-state index contributed by atoms with van der Waals surface area (Å²) in [5.74, 6) is 1.58. The van der Waals surface area contributed by atoms with Gasteiger partial charge in [-0.15, -0.1) is 0 Å². The minimum Gasteiger partial charge on any atom is -0.437 e. The van der Waals surface area contributed by atoms with Crippen LogP contribution in [-0.4, -0.2) is 15.9 Å². The summed E-state index contributed by atoms with van der Waals surface area (Å²) in [5, 5.41) is 0. The fourth-order valence-electron chi connectivity index (χ4n) is 2.58. The fraction of sp³-hybridized carbons (Fsp3) is 0.0556. The summed E-state index contributed by atoms with van der Waals surface area (Å²) in [4.78, 5) is 22.6. The van der Waals surface area contributed by atoms with Gasteiger partial charge in [0.15, 0.2) is 0 Å². The molecule has 0 radical (unpaired) electrons. The number of aromatic nitrogens is 2. The van der Waals surface area contributed by atoms with Crippen LogP contribution in [0, 0.1) is 0 Å². The molecular formula is C18H13N3O2. The van der Waals surface area contributed by atoms with Crippen LogP contribution in [0.5, 0.6) is 11.6 Å². The number of rotatable bonds is 3. The highest BCUT2D eigenvalue weighted by Crippen LogP contribution is 2.28. The van der Waals surface area contributed by atoms with Crippen LogP contribution >= 0.6 is 0 Å². The molecule has 0 N–H and O–H groups in total. The third-order valence-corrected chi connectivity index (χ3v) is 3.66. The SMILES string of the molecule is O=C1c2ccccc2CN1c1cccc(Oc2cccnc2)n1. The molecular weight excluding hydrogens is 290 g/mol. The molecule has 3 heterocycles. The minimum atomic E-state index is -0.0355. The van der Waals surface area contributed by atoms with Gasteiger partial charge in [0, 0.05) is 17.8 Å². The summed E-state index contributed by atoms with van der Waals surface area (Å²) < 4.78 is 5.68. The molecule has 0 saturated heterocycles. The summed E-state index contributed by atoms with van der Waals surface area (Å²) in [7, 11) is 0. The lowest BCUT2D eigenvalue weighted by atomic mass is 10.1. The maximum Gasteiger partial charge on any atom is 0.260 e. The van der Waals surface area contributed by atoms with E-state index in [1.807, 2.05) is 30.3 Å². The zero-order valence-electron chi connectivity index (χ0n) is 12.2. The van der Waals surface area contributed by atoms with Crippen molar-refractivity contribution in [2.24, 2.45) is 0 Å². The number of anilines is 1. The van der Waals surface area contributed by atoms with E-state index in [0.717, 1.165) is 11.1 Å². The highest BCUT2D eigenvalue weighted by molar-refractivity contribution is 6.09. The van der Waals surface area contributed by atoms with Crippen molar-refractivity contribution in [2.45, 2.75) is 6.54 Å². The molecule has 1 aromatic carbocycles. The van der Waals surface area contributed by atoms with Crippen LogP contribution in [0.3, 0.4) is 0 Å². The van der Waals surface area contributed by atoms with Gasteiger partial charge in [-0.3, -0.25) is 14.7 Å². The van der Waals surface area contributed by atoms with Gasteiger partial charge in [0.1, 0.15) is 11.6 Å². The summed E-state index contributed by atoms with van der Waals surface area (Å²) >= 11 is 0. The summed E-state index contributed by atoms with van der Waals surface area (Å²) in [6.45, 7) is 0.526. The minimum absolute atomic E-state index is 0.0355. The Balaban J connectivity index is 1.62. The van der Waals surface area contributed by atoms with Gasteiger partial charge in [-0.1, -0.05) is 24.3 Å². The smallest absolute Gasteiger partial charge is 0.260 e. The number of pyridine rings is 2. The predicted molar refractivity (Wildman–Crippen MR) is 85.5 cm³/mol. The van der Waals surface area contributed by atoms with E-state index in [1.165, 1.54) is 0 Å². The van der Waals surface area contributed by atoms with Gasteiger partial charge in [0.05, 0.1) is 12.7 Å². The Hall–Kier alpha value is -3.21. The van der Waals surface area contributed by atoms with E-state index >= 15 is 0 Å². The normalized spacial score (nSPS) is 13.0. The maximum atomic E-state index is 12.5. The quantitative estimate of drug-likeness (QED) is 0.744. The second-order valence-corrected chi connectivity index (χ2v) is 5.17. The Labute approximate surface area is 133 Å². The molecule has 0 unspecified atom stereocenters. The molecule has 0 atom stereocenters. The van der Waals surface area contributed by atoms with Gasteiger partial charge in [-0.2, -0.15) is 4.98 Å². The van der Waals surface area contributed by atoms with Crippen LogP contribution in [0.2, 0.25) is 0 Å². The van der Waals surface area contributed by atoms with Crippen molar-refractivity contribution in [1.82, 2.24) is 9.97 Å². The molecule has 1 aliphatic heterocycles. The molecule has 0 fully saturated rings. The number of carbonyl (C=O) groups excluding carboxylic acids is 1. The molecule has 0 bridgehead atoms. The molecule has 2 aromatic heterocycles. The molecule has 1 amide bonds. The van der Waals surface area contributed by atoms with Crippen molar-refractivity contribution < 1.29 is 9.53 Å². The van der Waals surface area contributed by atoms with Crippen molar-refractivity contribution >= 4 is 11.7 Å². The zero-order chi connectivity index (χ0) is 15.6. The first-order chi connectivity index (χ1) is 11.3. The number of carbonyl (C=O) groups is 1. The number of nitrogens with zero attached hydrogens (tertiary/aromatic N) is 3. The van der Waals surface area contributed by atoms with Crippen molar-refractivity contribution in [3.63, 3.8) is 0 Å². The van der Waals surface area contributed by atoms with Crippen LogP contribution in [0.4, 0.5) is 5.82 Å². The van der Waals surface area contributed by atoms with E-state index in [9.17, 15) is 4.79 Å². The van der Waals surface area contributed by atoms with Crippen LogP contribution in [0.15, 0.2) is 67.0 Å². The first kappa shape index (κ1) is 13.5. The van der Waals surface area contributed by atoms with Gasteiger partial charge >= 0.3 is 0 Å². The lowest BCUT2D eigenvalue weighted by Gasteiger charge is -2.15. The molecule has 0 saturated carbocycles. The predicted octanol–water partition coefficient (Wildman–Crippen LogP) is 3.43. The first-order valence-electron chi connectivity index (χ1n) is 7.26. The molecule has 112 valence electrons. The molecule has 3 aromatic rings. The topological polar surface area (TPSA) is 55.3 Å². The van der Waals surface area contributed by atoms with Crippen LogP contribution in [-0.2, 0) is 6.54 Å². The Bertz CT molecular complexity index is 865. The van der Waals surface area contributed by atoms with Gasteiger partial charge in [0.2, 0.25) is 5.88 Å². The van der Waals surface area contributed by atoms with E-state index in [1.54, 1.807) is 41.6 Å². The Kier molecular flexibility index (Phi) is 3.24. The fourth-order valence-corrected chi connectivity index (χ4v) is 2.58. The van der Waals surface area contributed by atoms with Crippen LogP contribution in [0.25, 0.3) is 0 Å². The average molecular weight is 303 g/mol. The molecule has 1 aliphatic rings. The largest absolute Gasteiger partial charge is 0.437 e. The monoisotopic (exact) mass is 303 g/mol. The summed E-state index contributed by atoms with van der Waals surface area (Å²) in [6, 6.07) is 16.6. The molecule has 5 heteroatoms. The first-order valence-corrected chi connectivity index (χ1v) is 7.26. The summed E-state index contributed by atoms with van der Waals surface area (Å²) in [6.07, 6.45) is 3.29.